The number of esters is 1. The third-order valence-corrected chi connectivity index (χ3v) is 4.58. The molecule has 0 aromatic heterocycles. The van der Waals surface area contributed by atoms with Crippen molar-refractivity contribution in [1.29, 1.82) is 0 Å². The number of carbonyl (C=O) groups is 1. The van der Waals surface area contributed by atoms with Crippen LogP contribution in [0.1, 0.15) is 81.5 Å². The molecule has 0 aliphatic rings. The Bertz CT molecular complexity index is 791. The fourth-order valence-electron chi connectivity index (χ4n) is 2.88. The van der Waals surface area contributed by atoms with Crippen LogP contribution in [0.4, 0.5) is 0 Å². The normalized spacial score (nSPS) is 9.35. The van der Waals surface area contributed by atoms with Crippen LogP contribution in [0.2, 0.25) is 0 Å². The van der Waals surface area contributed by atoms with Crippen molar-refractivity contribution in [3.63, 3.8) is 0 Å². The van der Waals surface area contributed by atoms with Crippen LogP contribution in [0.25, 0.3) is 0 Å². The van der Waals surface area contributed by atoms with Gasteiger partial charge in [-0.25, -0.2) is 4.79 Å². The monoisotopic (exact) mass is 422 g/mol. The van der Waals surface area contributed by atoms with E-state index in [9.17, 15) is 4.79 Å². The van der Waals surface area contributed by atoms with Crippen molar-refractivity contribution >= 4 is 5.97 Å². The quantitative estimate of drug-likeness (QED) is 0.256. The largest absolute Gasteiger partial charge is 0.494 e. The van der Waals surface area contributed by atoms with Crippen LogP contribution in [-0.2, 0) is 4.74 Å². The second kappa shape index (κ2) is 19.1. The number of carbonyl (C=O) groups excluding carboxylic acids is 1. The second-order valence-electron chi connectivity index (χ2n) is 7.14. The standard InChI is InChI=1S/C27H34O4/c1-2-3-4-5-6-7-8-10-13-16-23-30-26-20-18-25(19-21-26)27(29)31-24-17-14-11-9-12-15-22-28/h18-21,28H,2-8,10,13,16,22-24H2,1H3. The van der Waals surface area contributed by atoms with Crippen LogP contribution in [0, 0.1) is 35.5 Å². The highest BCUT2D eigenvalue weighted by atomic mass is 16.5. The second-order valence-corrected chi connectivity index (χ2v) is 7.14. The fraction of sp³-hybridized carbons (Fsp3) is 0.519. The smallest absolute Gasteiger partial charge is 0.339 e. The number of aliphatic hydroxyl groups excluding tert-OH is 1. The van der Waals surface area contributed by atoms with Gasteiger partial charge in [0.2, 0.25) is 0 Å². The molecular formula is C27H34O4. The molecule has 1 aromatic carbocycles. The van der Waals surface area contributed by atoms with Crippen molar-refractivity contribution in [2.75, 3.05) is 19.8 Å². The first kappa shape index (κ1) is 26.2. The Morgan fingerprint density at radius 3 is 2.00 bits per heavy atom. The van der Waals surface area contributed by atoms with Crippen LogP contribution in [0.15, 0.2) is 24.3 Å². The molecule has 0 bridgehead atoms. The number of aliphatic hydroxyl groups is 1. The lowest BCUT2D eigenvalue weighted by Crippen LogP contribution is -2.05. The molecule has 4 heteroatoms. The van der Waals surface area contributed by atoms with Gasteiger partial charge >= 0.3 is 5.97 Å². The van der Waals surface area contributed by atoms with E-state index in [4.69, 9.17) is 14.6 Å². The van der Waals surface area contributed by atoms with Crippen LogP contribution in [-0.4, -0.2) is 30.9 Å². The maximum absolute atomic E-state index is 12.0. The summed E-state index contributed by atoms with van der Waals surface area (Å²) < 4.78 is 10.8. The van der Waals surface area contributed by atoms with Gasteiger partial charge in [-0.2, -0.15) is 0 Å². The van der Waals surface area contributed by atoms with Gasteiger partial charge < -0.3 is 14.6 Å². The number of ether oxygens (including phenoxy) is 2. The van der Waals surface area contributed by atoms with Gasteiger partial charge in [0.05, 0.1) is 12.2 Å². The minimum atomic E-state index is -0.441. The predicted octanol–water partition coefficient (Wildman–Crippen LogP) is 5.15. The molecule has 166 valence electrons. The van der Waals surface area contributed by atoms with E-state index in [-0.39, 0.29) is 13.2 Å². The molecule has 0 fully saturated rings. The van der Waals surface area contributed by atoms with E-state index in [0.717, 1.165) is 12.2 Å². The molecule has 0 heterocycles. The lowest BCUT2D eigenvalue weighted by atomic mass is 10.1. The summed E-state index contributed by atoms with van der Waals surface area (Å²) in [5, 5.41) is 8.47. The minimum Gasteiger partial charge on any atom is -0.494 e. The topological polar surface area (TPSA) is 55.8 Å². The zero-order chi connectivity index (χ0) is 22.4. The van der Waals surface area contributed by atoms with Gasteiger partial charge in [0, 0.05) is 0 Å². The van der Waals surface area contributed by atoms with Crippen molar-refractivity contribution in [3.8, 4) is 41.3 Å². The molecule has 1 rings (SSSR count). The van der Waals surface area contributed by atoms with Crippen molar-refractivity contribution < 1.29 is 19.4 Å². The zero-order valence-electron chi connectivity index (χ0n) is 18.7. The van der Waals surface area contributed by atoms with Gasteiger partial charge in [-0.1, -0.05) is 70.6 Å². The van der Waals surface area contributed by atoms with Gasteiger partial charge in [-0.05, 0) is 60.3 Å². The highest BCUT2D eigenvalue weighted by Crippen LogP contribution is 2.14. The summed E-state index contributed by atoms with van der Waals surface area (Å²) >= 11 is 0. The van der Waals surface area contributed by atoms with Crippen LogP contribution in [0.3, 0.4) is 0 Å². The minimum absolute atomic E-state index is 0.0437. The SMILES string of the molecule is CCCCCCCCCCCCOc1ccc(C(=O)OCC#CC#CC#CCO)cc1. The van der Waals surface area contributed by atoms with Gasteiger partial charge in [0.25, 0.3) is 0 Å². The van der Waals surface area contributed by atoms with E-state index >= 15 is 0 Å². The van der Waals surface area contributed by atoms with E-state index in [1.54, 1.807) is 24.3 Å². The summed E-state index contributed by atoms with van der Waals surface area (Å²) in [7, 11) is 0. The van der Waals surface area contributed by atoms with E-state index < -0.39 is 5.97 Å². The average Bonchev–Trinajstić information content (AvgIpc) is 2.79. The highest BCUT2D eigenvalue weighted by Gasteiger charge is 2.06. The average molecular weight is 423 g/mol. The van der Waals surface area contributed by atoms with Gasteiger partial charge in [-0.15, -0.1) is 0 Å². The zero-order valence-corrected chi connectivity index (χ0v) is 18.7. The Labute approximate surface area is 187 Å². The molecular weight excluding hydrogens is 388 g/mol. The van der Waals surface area contributed by atoms with Crippen molar-refractivity contribution in [2.45, 2.75) is 71.1 Å². The summed E-state index contributed by atoms with van der Waals surface area (Å²) in [5.74, 6) is 15.2. The summed E-state index contributed by atoms with van der Waals surface area (Å²) in [5.41, 5.74) is 0.452. The summed E-state index contributed by atoms with van der Waals surface area (Å²) in [4.78, 5) is 12.0. The predicted molar refractivity (Wildman–Crippen MR) is 124 cm³/mol. The van der Waals surface area contributed by atoms with E-state index in [1.807, 2.05) is 0 Å². The number of benzene rings is 1. The third kappa shape index (κ3) is 14.7. The van der Waals surface area contributed by atoms with Crippen molar-refractivity contribution in [1.82, 2.24) is 0 Å². The first-order valence-electron chi connectivity index (χ1n) is 11.2. The Morgan fingerprint density at radius 1 is 0.806 bits per heavy atom. The molecule has 31 heavy (non-hydrogen) atoms. The van der Waals surface area contributed by atoms with Crippen molar-refractivity contribution in [3.05, 3.63) is 29.8 Å². The Hall–Kier alpha value is -2.87. The highest BCUT2D eigenvalue weighted by molar-refractivity contribution is 5.89. The Morgan fingerprint density at radius 2 is 1.39 bits per heavy atom. The molecule has 1 N–H and O–H groups in total. The fourth-order valence-corrected chi connectivity index (χ4v) is 2.88. The number of unbranched alkanes of at least 4 members (excludes halogenated alkanes) is 9. The Kier molecular flexibility index (Phi) is 16.1. The maximum Gasteiger partial charge on any atom is 0.339 e. The number of hydrogen-bond acceptors (Lipinski definition) is 4. The molecule has 0 saturated heterocycles. The van der Waals surface area contributed by atoms with Crippen LogP contribution in [0.5, 0.6) is 5.75 Å². The van der Waals surface area contributed by atoms with E-state index in [0.29, 0.717) is 12.2 Å². The molecule has 0 radical (unpaired) electrons. The van der Waals surface area contributed by atoms with E-state index in [2.05, 4.69) is 42.4 Å². The number of hydrogen-bond donors (Lipinski definition) is 1. The van der Waals surface area contributed by atoms with Crippen molar-refractivity contribution in [2.24, 2.45) is 0 Å². The summed E-state index contributed by atoms with van der Waals surface area (Å²) in [6, 6.07) is 6.94. The first-order chi connectivity index (χ1) is 15.3. The lowest BCUT2D eigenvalue weighted by molar-refractivity contribution is 0.0556. The molecule has 0 atom stereocenters. The van der Waals surface area contributed by atoms with Crippen LogP contribution < -0.4 is 4.74 Å². The van der Waals surface area contributed by atoms with Gasteiger partial charge in [0.15, 0.2) is 6.61 Å². The first-order valence-corrected chi connectivity index (χ1v) is 11.2. The molecule has 0 aliphatic heterocycles. The summed E-state index contributed by atoms with van der Waals surface area (Å²) in [6.45, 7) is 2.67. The third-order valence-electron chi connectivity index (χ3n) is 4.58. The molecule has 0 amide bonds. The van der Waals surface area contributed by atoms with Gasteiger partial charge in [0.1, 0.15) is 12.4 Å². The number of rotatable bonds is 14. The molecule has 0 unspecified atom stereocenters. The Balaban J connectivity index is 2.13. The summed E-state index contributed by atoms with van der Waals surface area (Å²) in [6.07, 6.45) is 13.0. The molecule has 4 nitrogen and oxygen atoms in total. The molecule has 1 aromatic rings. The molecule has 0 spiro atoms. The lowest BCUT2D eigenvalue weighted by Gasteiger charge is -2.07. The van der Waals surface area contributed by atoms with Crippen LogP contribution >= 0.6 is 0 Å². The molecule has 0 aliphatic carbocycles. The van der Waals surface area contributed by atoms with Gasteiger partial charge in [-0.3, -0.25) is 0 Å². The maximum atomic E-state index is 12.0. The molecule has 0 saturated carbocycles. The van der Waals surface area contributed by atoms with E-state index in [1.165, 1.54) is 57.8 Å².